The van der Waals surface area contributed by atoms with Crippen LogP contribution in [-0.2, 0) is 32.6 Å². The van der Waals surface area contributed by atoms with Crippen molar-refractivity contribution in [1.29, 1.82) is 0 Å². The van der Waals surface area contributed by atoms with Crippen LogP contribution in [0.3, 0.4) is 0 Å². The van der Waals surface area contributed by atoms with Gasteiger partial charge in [-0.1, -0.05) is 129 Å². The predicted octanol–water partition coefficient (Wildman–Crippen LogP) is 8.81. The molecule has 54 heavy (non-hydrogen) atoms. The molecule has 5 aromatic carbocycles. The maximum Gasteiger partial charge on any atom is 0.119 e. The third kappa shape index (κ3) is 12.8. The van der Waals surface area contributed by atoms with Gasteiger partial charge in [0.05, 0.1) is 13.7 Å². The van der Waals surface area contributed by atoms with Crippen LogP contribution in [0.2, 0.25) is 0 Å². The third-order valence-corrected chi connectivity index (χ3v) is 10.6. The number of benzene rings is 5. The Morgan fingerprint density at radius 2 is 0.926 bits per heavy atom. The van der Waals surface area contributed by atoms with Gasteiger partial charge in [0, 0.05) is 78.0 Å². The zero-order valence-electron chi connectivity index (χ0n) is 32.6. The van der Waals surface area contributed by atoms with Crippen LogP contribution in [0.25, 0.3) is 0 Å². The first-order valence-corrected chi connectivity index (χ1v) is 20.0. The van der Waals surface area contributed by atoms with E-state index < -0.39 is 0 Å². The molecule has 284 valence electrons. The normalized spacial score (nSPS) is 17.0. The standard InChI is InChI=1S/C48H60N4O2/c1-3-4-34-54-48-26-20-41(21-27-48)35-46-40-51(38-45-22-24-47(53-2)25-23-45)31-30-49(36-42-14-8-5-9-15-42)28-29-50(37-43-16-10-6-11-17-43)32-33-52(46)39-44-18-12-7-13-19-44/h5-27,46H,3-4,28-40H2,1-2H3/t46-/m0/s1. The summed E-state index contributed by atoms with van der Waals surface area (Å²) in [6.07, 6.45) is 3.18. The van der Waals surface area contributed by atoms with E-state index in [0.717, 1.165) is 109 Å². The van der Waals surface area contributed by atoms with E-state index in [4.69, 9.17) is 9.47 Å². The van der Waals surface area contributed by atoms with Crippen molar-refractivity contribution in [2.24, 2.45) is 0 Å². The number of hydrogen-bond acceptors (Lipinski definition) is 6. The lowest BCUT2D eigenvalue weighted by atomic mass is 10.0. The molecule has 0 aliphatic carbocycles. The SMILES string of the molecule is CCCCOc1ccc(C[C@H]2CN(Cc3ccc(OC)cc3)CCN(Cc3ccccc3)CCN(Cc3ccccc3)CCN2Cc2ccccc2)cc1. The Morgan fingerprint density at radius 3 is 1.46 bits per heavy atom. The van der Waals surface area contributed by atoms with E-state index in [1.165, 1.54) is 27.8 Å². The summed E-state index contributed by atoms with van der Waals surface area (Å²) in [6, 6.07) is 50.9. The fourth-order valence-electron chi connectivity index (χ4n) is 7.43. The zero-order valence-corrected chi connectivity index (χ0v) is 32.6. The smallest absolute Gasteiger partial charge is 0.119 e. The Bertz CT molecular complexity index is 1740. The maximum absolute atomic E-state index is 6.06. The average Bonchev–Trinajstić information content (AvgIpc) is 3.21. The van der Waals surface area contributed by atoms with Crippen LogP contribution in [0.15, 0.2) is 140 Å². The second-order valence-electron chi connectivity index (χ2n) is 14.8. The van der Waals surface area contributed by atoms with Crippen molar-refractivity contribution >= 4 is 0 Å². The van der Waals surface area contributed by atoms with Crippen molar-refractivity contribution in [1.82, 2.24) is 19.6 Å². The van der Waals surface area contributed by atoms with E-state index in [-0.39, 0.29) is 0 Å². The highest BCUT2D eigenvalue weighted by atomic mass is 16.5. The summed E-state index contributed by atoms with van der Waals surface area (Å²) in [7, 11) is 1.74. The molecule has 1 fully saturated rings. The largest absolute Gasteiger partial charge is 0.497 e. The summed E-state index contributed by atoms with van der Waals surface area (Å²) in [5.41, 5.74) is 6.77. The van der Waals surface area contributed by atoms with Crippen molar-refractivity contribution in [3.8, 4) is 11.5 Å². The van der Waals surface area contributed by atoms with Gasteiger partial charge in [-0.15, -0.1) is 0 Å². The fourth-order valence-corrected chi connectivity index (χ4v) is 7.43. The van der Waals surface area contributed by atoms with E-state index in [1.54, 1.807) is 7.11 Å². The molecule has 0 bridgehead atoms. The minimum atomic E-state index is 0.302. The predicted molar refractivity (Wildman–Crippen MR) is 223 cm³/mol. The lowest BCUT2D eigenvalue weighted by Gasteiger charge is -2.39. The lowest BCUT2D eigenvalue weighted by molar-refractivity contribution is 0.0858. The Balaban J connectivity index is 1.32. The first-order valence-electron chi connectivity index (χ1n) is 20.0. The van der Waals surface area contributed by atoms with E-state index in [9.17, 15) is 0 Å². The quantitative estimate of drug-likeness (QED) is 0.100. The average molecular weight is 725 g/mol. The maximum atomic E-state index is 6.06. The van der Waals surface area contributed by atoms with Crippen molar-refractivity contribution in [2.45, 2.75) is 58.4 Å². The third-order valence-electron chi connectivity index (χ3n) is 10.6. The molecule has 0 spiro atoms. The van der Waals surface area contributed by atoms with Gasteiger partial charge in [-0.3, -0.25) is 19.6 Å². The van der Waals surface area contributed by atoms with Gasteiger partial charge in [-0.25, -0.2) is 0 Å². The summed E-state index contributed by atoms with van der Waals surface area (Å²) < 4.78 is 11.6. The van der Waals surface area contributed by atoms with Gasteiger partial charge in [-0.05, 0) is 64.9 Å². The fraction of sp³-hybridized carbons (Fsp3) is 0.375. The van der Waals surface area contributed by atoms with E-state index in [1.807, 2.05) is 0 Å². The Hall–Kier alpha value is -4.46. The first kappa shape index (κ1) is 39.2. The number of ether oxygens (including phenoxy) is 2. The van der Waals surface area contributed by atoms with Gasteiger partial charge in [0.2, 0.25) is 0 Å². The highest BCUT2D eigenvalue weighted by molar-refractivity contribution is 5.29. The molecule has 1 aliphatic rings. The van der Waals surface area contributed by atoms with Gasteiger partial charge in [-0.2, -0.15) is 0 Å². The molecule has 6 heteroatoms. The van der Waals surface area contributed by atoms with Crippen LogP contribution in [0.1, 0.15) is 47.6 Å². The molecule has 6 rings (SSSR count). The molecule has 0 aromatic heterocycles. The monoisotopic (exact) mass is 724 g/mol. The number of rotatable bonds is 15. The van der Waals surface area contributed by atoms with Crippen molar-refractivity contribution < 1.29 is 9.47 Å². The minimum Gasteiger partial charge on any atom is -0.497 e. The molecule has 0 radical (unpaired) electrons. The molecule has 1 saturated heterocycles. The molecule has 1 atom stereocenters. The van der Waals surface area contributed by atoms with Crippen molar-refractivity contribution in [3.05, 3.63) is 167 Å². The summed E-state index contributed by atoms with van der Waals surface area (Å²) in [5, 5.41) is 0. The zero-order chi connectivity index (χ0) is 37.2. The van der Waals surface area contributed by atoms with Crippen LogP contribution in [0.4, 0.5) is 0 Å². The van der Waals surface area contributed by atoms with Gasteiger partial charge in [0.25, 0.3) is 0 Å². The van der Waals surface area contributed by atoms with Crippen LogP contribution in [0.5, 0.6) is 11.5 Å². The molecule has 1 heterocycles. The number of methoxy groups -OCH3 is 1. The molecule has 1 aliphatic heterocycles. The Morgan fingerprint density at radius 1 is 0.481 bits per heavy atom. The molecular weight excluding hydrogens is 665 g/mol. The van der Waals surface area contributed by atoms with Crippen LogP contribution in [0, 0.1) is 0 Å². The second-order valence-corrected chi connectivity index (χ2v) is 14.8. The highest BCUT2D eigenvalue weighted by Crippen LogP contribution is 2.21. The summed E-state index contributed by atoms with van der Waals surface area (Å²) in [6.45, 7) is 13.7. The molecule has 0 unspecified atom stereocenters. The van der Waals surface area contributed by atoms with Gasteiger partial charge in [0.1, 0.15) is 11.5 Å². The minimum absolute atomic E-state index is 0.302. The summed E-state index contributed by atoms with van der Waals surface area (Å²) in [4.78, 5) is 10.8. The van der Waals surface area contributed by atoms with Gasteiger partial charge >= 0.3 is 0 Å². The van der Waals surface area contributed by atoms with E-state index in [2.05, 4.69) is 166 Å². The summed E-state index contributed by atoms with van der Waals surface area (Å²) in [5.74, 6) is 1.86. The Kier molecular flexibility index (Phi) is 15.6. The molecule has 0 amide bonds. The van der Waals surface area contributed by atoms with Crippen LogP contribution >= 0.6 is 0 Å². The van der Waals surface area contributed by atoms with Crippen molar-refractivity contribution in [3.63, 3.8) is 0 Å². The van der Waals surface area contributed by atoms with E-state index >= 15 is 0 Å². The molecule has 5 aromatic rings. The molecular formula is C48H60N4O2. The number of unbranched alkanes of at least 4 members (excludes halogenated alkanes) is 1. The number of nitrogens with zero attached hydrogens (tertiary/aromatic N) is 4. The topological polar surface area (TPSA) is 31.4 Å². The molecule has 0 saturated carbocycles. The Labute approximate surface area is 324 Å². The van der Waals surface area contributed by atoms with Crippen LogP contribution < -0.4 is 9.47 Å². The van der Waals surface area contributed by atoms with E-state index in [0.29, 0.717) is 6.04 Å². The highest BCUT2D eigenvalue weighted by Gasteiger charge is 2.25. The van der Waals surface area contributed by atoms with Crippen LogP contribution in [-0.4, -0.2) is 85.2 Å². The number of hydrogen-bond donors (Lipinski definition) is 0. The first-order chi connectivity index (χ1) is 26.6. The lowest BCUT2D eigenvalue weighted by Crippen LogP contribution is -2.50. The summed E-state index contributed by atoms with van der Waals surface area (Å²) >= 11 is 0. The molecule has 6 nitrogen and oxygen atoms in total. The second kappa shape index (κ2) is 21.4. The molecule has 0 N–H and O–H groups in total. The van der Waals surface area contributed by atoms with Gasteiger partial charge < -0.3 is 9.47 Å². The van der Waals surface area contributed by atoms with Crippen molar-refractivity contribution in [2.75, 3.05) is 59.5 Å². The van der Waals surface area contributed by atoms with Gasteiger partial charge in [0.15, 0.2) is 0 Å².